The van der Waals surface area contributed by atoms with Crippen molar-refractivity contribution in [1.29, 1.82) is 0 Å². The number of nitrogens with zero attached hydrogens (tertiary/aromatic N) is 2. The summed E-state index contributed by atoms with van der Waals surface area (Å²) in [5, 5.41) is 13.3. The number of halogens is 2. The molecule has 0 aliphatic carbocycles. The lowest BCUT2D eigenvalue weighted by atomic mass is 9.98. The van der Waals surface area contributed by atoms with Gasteiger partial charge in [-0.05, 0) is 37.0 Å². The standard InChI is InChI=1S/C21H21F2N3O5/c1-13-6-8-25(9-7-13)19-5-3-15(26(29)30)11-16(19)21(28)31-12-20(27)24-18-10-14(22)2-4-17(18)23/h2-5,10-11,13H,6-9,12H2,1H3,(H,24,27). The molecule has 1 fully saturated rings. The van der Waals surface area contributed by atoms with E-state index in [4.69, 9.17) is 4.74 Å². The highest BCUT2D eigenvalue weighted by Gasteiger charge is 2.25. The summed E-state index contributed by atoms with van der Waals surface area (Å²) in [6.07, 6.45) is 1.82. The number of carbonyl (C=O) groups is 2. The van der Waals surface area contributed by atoms with Crippen molar-refractivity contribution in [2.24, 2.45) is 5.92 Å². The van der Waals surface area contributed by atoms with Crippen LogP contribution in [0.5, 0.6) is 0 Å². The normalized spacial score (nSPS) is 14.2. The quantitative estimate of drug-likeness (QED) is 0.421. The molecule has 0 spiro atoms. The third-order valence-corrected chi connectivity index (χ3v) is 5.07. The number of piperidine rings is 1. The second-order valence-corrected chi connectivity index (χ2v) is 7.38. The molecule has 1 amide bonds. The molecule has 1 N–H and O–H groups in total. The first-order chi connectivity index (χ1) is 14.7. The van der Waals surface area contributed by atoms with Crippen molar-refractivity contribution in [3.63, 3.8) is 0 Å². The van der Waals surface area contributed by atoms with Crippen molar-refractivity contribution >= 4 is 28.9 Å². The molecule has 1 saturated heterocycles. The summed E-state index contributed by atoms with van der Waals surface area (Å²) in [5.74, 6) is -2.85. The first-order valence-electron chi connectivity index (χ1n) is 9.70. The number of benzene rings is 2. The highest BCUT2D eigenvalue weighted by Crippen LogP contribution is 2.30. The maximum Gasteiger partial charge on any atom is 0.341 e. The Balaban J connectivity index is 1.73. The average Bonchev–Trinajstić information content (AvgIpc) is 2.74. The number of ether oxygens (including phenoxy) is 1. The summed E-state index contributed by atoms with van der Waals surface area (Å²) in [6, 6.07) is 6.46. The molecule has 2 aromatic carbocycles. The van der Waals surface area contributed by atoms with Gasteiger partial charge in [0.1, 0.15) is 11.6 Å². The summed E-state index contributed by atoms with van der Waals surface area (Å²) in [5.41, 5.74) is -0.223. The molecule has 0 aromatic heterocycles. The Hall–Kier alpha value is -3.56. The van der Waals surface area contributed by atoms with E-state index in [2.05, 4.69) is 12.2 Å². The monoisotopic (exact) mass is 433 g/mol. The van der Waals surface area contributed by atoms with Crippen molar-refractivity contribution in [3.8, 4) is 0 Å². The number of hydrogen-bond donors (Lipinski definition) is 1. The molecule has 1 aliphatic rings. The van der Waals surface area contributed by atoms with Gasteiger partial charge in [0.25, 0.3) is 11.6 Å². The average molecular weight is 433 g/mol. The van der Waals surface area contributed by atoms with Crippen molar-refractivity contribution < 1.29 is 28.0 Å². The predicted octanol–water partition coefficient (Wildman–Crippen LogP) is 3.90. The van der Waals surface area contributed by atoms with E-state index in [9.17, 15) is 28.5 Å². The molecular weight excluding hydrogens is 412 g/mol. The number of non-ortho nitro benzene ring substituents is 1. The van der Waals surface area contributed by atoms with Crippen LogP contribution in [0.2, 0.25) is 0 Å². The van der Waals surface area contributed by atoms with E-state index in [1.165, 1.54) is 12.1 Å². The third-order valence-electron chi connectivity index (χ3n) is 5.07. The van der Waals surface area contributed by atoms with Crippen LogP contribution in [0.3, 0.4) is 0 Å². The van der Waals surface area contributed by atoms with Gasteiger partial charge in [0, 0.05) is 31.3 Å². The zero-order valence-electron chi connectivity index (χ0n) is 16.8. The molecule has 1 aliphatic heterocycles. The van der Waals surface area contributed by atoms with Gasteiger partial charge in [-0.15, -0.1) is 0 Å². The van der Waals surface area contributed by atoms with Crippen LogP contribution in [0.4, 0.5) is 25.8 Å². The van der Waals surface area contributed by atoms with Crippen LogP contribution < -0.4 is 10.2 Å². The van der Waals surface area contributed by atoms with E-state index >= 15 is 0 Å². The van der Waals surface area contributed by atoms with E-state index in [0.717, 1.165) is 37.1 Å². The van der Waals surface area contributed by atoms with Gasteiger partial charge < -0.3 is 15.0 Å². The molecule has 3 rings (SSSR count). The molecule has 2 aromatic rings. The number of hydrogen-bond acceptors (Lipinski definition) is 6. The van der Waals surface area contributed by atoms with E-state index < -0.39 is 35.0 Å². The largest absolute Gasteiger partial charge is 0.452 e. The Labute approximate surface area is 176 Å². The zero-order valence-corrected chi connectivity index (χ0v) is 16.8. The van der Waals surface area contributed by atoms with Gasteiger partial charge >= 0.3 is 5.97 Å². The van der Waals surface area contributed by atoms with Crippen LogP contribution in [-0.4, -0.2) is 36.5 Å². The SMILES string of the molecule is CC1CCN(c2ccc([N+](=O)[O-])cc2C(=O)OCC(=O)Nc2cc(F)ccc2F)CC1. The number of nitro benzene ring substituents is 1. The minimum Gasteiger partial charge on any atom is -0.452 e. The lowest BCUT2D eigenvalue weighted by molar-refractivity contribution is -0.384. The summed E-state index contributed by atoms with van der Waals surface area (Å²) in [7, 11) is 0. The van der Waals surface area contributed by atoms with Crippen molar-refractivity contribution in [3.05, 3.63) is 63.7 Å². The molecule has 1 heterocycles. The van der Waals surface area contributed by atoms with Crippen molar-refractivity contribution in [2.45, 2.75) is 19.8 Å². The van der Waals surface area contributed by atoms with Crippen LogP contribution in [0.15, 0.2) is 36.4 Å². The second kappa shape index (κ2) is 9.50. The fourth-order valence-corrected chi connectivity index (χ4v) is 3.31. The maximum atomic E-state index is 13.6. The molecule has 0 bridgehead atoms. The van der Waals surface area contributed by atoms with Gasteiger partial charge in [0.15, 0.2) is 6.61 Å². The summed E-state index contributed by atoms with van der Waals surface area (Å²) < 4.78 is 31.9. The Kier molecular flexibility index (Phi) is 6.78. The van der Waals surface area contributed by atoms with Crippen LogP contribution in [0.25, 0.3) is 0 Å². The van der Waals surface area contributed by atoms with Gasteiger partial charge in [-0.3, -0.25) is 14.9 Å². The second-order valence-electron chi connectivity index (χ2n) is 7.38. The Morgan fingerprint density at radius 3 is 2.58 bits per heavy atom. The van der Waals surface area contributed by atoms with E-state index in [1.54, 1.807) is 0 Å². The third kappa shape index (κ3) is 5.53. The fourth-order valence-electron chi connectivity index (χ4n) is 3.31. The maximum absolute atomic E-state index is 13.6. The minimum atomic E-state index is -0.924. The molecule has 0 atom stereocenters. The van der Waals surface area contributed by atoms with Crippen molar-refractivity contribution in [1.82, 2.24) is 0 Å². The highest BCUT2D eigenvalue weighted by molar-refractivity contribution is 5.99. The van der Waals surface area contributed by atoms with Gasteiger partial charge in [0.05, 0.1) is 21.9 Å². The molecule has 8 nitrogen and oxygen atoms in total. The highest BCUT2D eigenvalue weighted by atomic mass is 19.1. The van der Waals surface area contributed by atoms with Gasteiger partial charge in [0.2, 0.25) is 0 Å². The number of carbonyl (C=O) groups excluding carboxylic acids is 2. The molecule has 164 valence electrons. The molecule has 0 unspecified atom stereocenters. The Morgan fingerprint density at radius 2 is 1.90 bits per heavy atom. The smallest absolute Gasteiger partial charge is 0.341 e. The first-order valence-corrected chi connectivity index (χ1v) is 9.70. The fraction of sp³-hybridized carbons (Fsp3) is 0.333. The number of nitrogens with one attached hydrogen (secondary N) is 1. The van der Waals surface area contributed by atoms with Crippen LogP contribution >= 0.6 is 0 Å². The first kappa shape index (κ1) is 22.1. The molecule has 0 saturated carbocycles. The number of amides is 1. The van der Waals surface area contributed by atoms with Gasteiger partial charge in [-0.2, -0.15) is 0 Å². The lowest BCUT2D eigenvalue weighted by Crippen LogP contribution is -2.34. The van der Waals surface area contributed by atoms with Crippen LogP contribution in [0.1, 0.15) is 30.1 Å². The van der Waals surface area contributed by atoms with E-state index in [0.29, 0.717) is 24.7 Å². The van der Waals surface area contributed by atoms with Crippen LogP contribution in [-0.2, 0) is 9.53 Å². The Bertz CT molecular complexity index is 1010. The predicted molar refractivity (Wildman–Crippen MR) is 109 cm³/mol. The van der Waals surface area contributed by atoms with E-state index in [-0.39, 0.29) is 16.9 Å². The zero-order chi connectivity index (χ0) is 22.5. The number of nitro groups is 1. The Morgan fingerprint density at radius 1 is 1.19 bits per heavy atom. The van der Waals surface area contributed by atoms with Gasteiger partial charge in [-0.1, -0.05) is 6.92 Å². The molecule has 0 radical (unpaired) electrons. The number of rotatable bonds is 6. The summed E-state index contributed by atoms with van der Waals surface area (Å²) in [6.45, 7) is 2.72. The minimum absolute atomic E-state index is 0.0338. The van der Waals surface area contributed by atoms with Crippen molar-refractivity contribution in [2.75, 3.05) is 29.9 Å². The lowest BCUT2D eigenvalue weighted by Gasteiger charge is -2.33. The van der Waals surface area contributed by atoms with Gasteiger partial charge in [-0.25, -0.2) is 13.6 Å². The van der Waals surface area contributed by atoms with Crippen LogP contribution in [0, 0.1) is 27.7 Å². The van der Waals surface area contributed by atoms with E-state index in [1.807, 2.05) is 4.90 Å². The topological polar surface area (TPSA) is 102 Å². The summed E-state index contributed by atoms with van der Waals surface area (Å²) >= 11 is 0. The molecule has 31 heavy (non-hydrogen) atoms. The number of esters is 1. The number of anilines is 2. The molecule has 10 heteroatoms. The molecular formula is C21H21F2N3O5. The summed E-state index contributed by atoms with van der Waals surface area (Å²) in [4.78, 5) is 37.1.